The summed E-state index contributed by atoms with van der Waals surface area (Å²) in [6.07, 6.45) is 9.06. The molecule has 0 saturated heterocycles. The second-order valence-corrected chi connectivity index (χ2v) is 2.36. The SMILES string of the molecule is C=Cc1[nH]ccc1/C=C\CC. The third kappa shape index (κ3) is 1.84. The molecule has 1 heteroatoms. The van der Waals surface area contributed by atoms with Crippen LogP contribution in [-0.2, 0) is 0 Å². The topological polar surface area (TPSA) is 15.8 Å². The lowest BCUT2D eigenvalue weighted by Crippen LogP contribution is -1.72. The van der Waals surface area contributed by atoms with Crippen molar-refractivity contribution < 1.29 is 0 Å². The first-order valence-corrected chi connectivity index (χ1v) is 3.84. The normalized spacial score (nSPS) is 10.6. The highest BCUT2D eigenvalue weighted by molar-refractivity contribution is 5.61. The minimum absolute atomic E-state index is 1.07. The molecule has 0 bridgehead atoms. The van der Waals surface area contributed by atoms with Crippen molar-refractivity contribution >= 4 is 12.2 Å². The molecule has 0 unspecified atom stereocenters. The van der Waals surface area contributed by atoms with Gasteiger partial charge in [-0.1, -0.05) is 25.7 Å². The van der Waals surface area contributed by atoms with Gasteiger partial charge >= 0.3 is 0 Å². The molecule has 0 radical (unpaired) electrons. The molecule has 0 atom stereocenters. The molecule has 0 aliphatic heterocycles. The molecule has 0 amide bonds. The van der Waals surface area contributed by atoms with Crippen molar-refractivity contribution in [1.82, 2.24) is 4.98 Å². The largest absolute Gasteiger partial charge is 0.361 e. The van der Waals surface area contributed by atoms with E-state index in [1.807, 2.05) is 18.3 Å². The van der Waals surface area contributed by atoms with Gasteiger partial charge in [-0.25, -0.2) is 0 Å². The van der Waals surface area contributed by atoms with Gasteiger partial charge in [0.15, 0.2) is 0 Å². The Balaban J connectivity index is 2.84. The van der Waals surface area contributed by atoms with Crippen molar-refractivity contribution in [1.29, 1.82) is 0 Å². The second kappa shape index (κ2) is 3.81. The summed E-state index contributed by atoms with van der Waals surface area (Å²) in [5.41, 5.74) is 2.30. The van der Waals surface area contributed by atoms with E-state index in [0.717, 1.165) is 12.1 Å². The van der Waals surface area contributed by atoms with E-state index in [2.05, 4.69) is 30.6 Å². The molecular formula is C10H13N. The van der Waals surface area contributed by atoms with Crippen LogP contribution in [0.5, 0.6) is 0 Å². The lowest BCUT2D eigenvalue weighted by atomic mass is 10.2. The number of hydrogen-bond donors (Lipinski definition) is 1. The van der Waals surface area contributed by atoms with E-state index < -0.39 is 0 Å². The molecule has 11 heavy (non-hydrogen) atoms. The van der Waals surface area contributed by atoms with Gasteiger partial charge in [-0.2, -0.15) is 0 Å². The summed E-state index contributed by atoms with van der Waals surface area (Å²) in [5.74, 6) is 0. The highest BCUT2D eigenvalue weighted by atomic mass is 14.7. The van der Waals surface area contributed by atoms with Gasteiger partial charge in [0.05, 0.1) is 0 Å². The van der Waals surface area contributed by atoms with Crippen LogP contribution < -0.4 is 0 Å². The van der Waals surface area contributed by atoms with Crippen molar-refractivity contribution in [3.8, 4) is 0 Å². The smallest absolute Gasteiger partial charge is 0.0447 e. The highest BCUT2D eigenvalue weighted by Crippen LogP contribution is 2.09. The van der Waals surface area contributed by atoms with E-state index in [0.29, 0.717) is 0 Å². The molecule has 0 saturated carbocycles. The van der Waals surface area contributed by atoms with Crippen molar-refractivity contribution in [3.05, 3.63) is 36.2 Å². The fourth-order valence-corrected chi connectivity index (χ4v) is 0.961. The van der Waals surface area contributed by atoms with Gasteiger partial charge in [-0.05, 0) is 24.1 Å². The standard InChI is InChI=1S/C10H13N/c1-3-5-6-9-7-8-11-10(9)4-2/h4-8,11H,2-3H2,1H3/b6-5-. The van der Waals surface area contributed by atoms with Gasteiger partial charge in [0.25, 0.3) is 0 Å². The van der Waals surface area contributed by atoms with Crippen LogP contribution in [0.2, 0.25) is 0 Å². The number of H-pyrrole nitrogens is 1. The van der Waals surface area contributed by atoms with Crippen molar-refractivity contribution in [2.45, 2.75) is 13.3 Å². The number of rotatable bonds is 3. The number of allylic oxidation sites excluding steroid dienone is 1. The van der Waals surface area contributed by atoms with E-state index in [1.165, 1.54) is 5.56 Å². The van der Waals surface area contributed by atoms with Crippen LogP contribution in [0.3, 0.4) is 0 Å². The van der Waals surface area contributed by atoms with E-state index in [-0.39, 0.29) is 0 Å². The highest BCUT2D eigenvalue weighted by Gasteiger charge is 1.92. The molecular weight excluding hydrogens is 134 g/mol. The minimum atomic E-state index is 1.07. The zero-order chi connectivity index (χ0) is 8.10. The Bertz CT molecular complexity index is 256. The molecule has 1 heterocycles. The lowest BCUT2D eigenvalue weighted by Gasteiger charge is -1.89. The summed E-state index contributed by atoms with van der Waals surface area (Å²) in [6, 6.07) is 2.04. The van der Waals surface area contributed by atoms with Gasteiger partial charge in [-0.3, -0.25) is 0 Å². The fraction of sp³-hybridized carbons (Fsp3) is 0.200. The predicted octanol–water partition coefficient (Wildman–Crippen LogP) is 3.08. The average Bonchev–Trinajstić information content (AvgIpc) is 2.47. The van der Waals surface area contributed by atoms with Crippen LogP contribution >= 0.6 is 0 Å². The Morgan fingerprint density at radius 2 is 2.45 bits per heavy atom. The van der Waals surface area contributed by atoms with Gasteiger partial charge < -0.3 is 4.98 Å². The summed E-state index contributed by atoms with van der Waals surface area (Å²) < 4.78 is 0. The average molecular weight is 147 g/mol. The molecule has 0 fully saturated rings. The molecule has 1 rings (SSSR count). The summed E-state index contributed by atoms with van der Waals surface area (Å²) >= 11 is 0. The van der Waals surface area contributed by atoms with Crippen LogP contribution in [0.25, 0.3) is 12.2 Å². The van der Waals surface area contributed by atoms with Gasteiger partial charge in [0.2, 0.25) is 0 Å². The molecule has 1 N–H and O–H groups in total. The van der Waals surface area contributed by atoms with E-state index >= 15 is 0 Å². The van der Waals surface area contributed by atoms with Crippen LogP contribution in [0.1, 0.15) is 24.6 Å². The minimum Gasteiger partial charge on any atom is -0.361 e. The molecule has 0 aromatic carbocycles. The number of hydrogen-bond acceptors (Lipinski definition) is 0. The lowest BCUT2D eigenvalue weighted by molar-refractivity contribution is 1.23. The van der Waals surface area contributed by atoms with Crippen molar-refractivity contribution in [2.75, 3.05) is 0 Å². The maximum absolute atomic E-state index is 3.71. The Morgan fingerprint density at radius 1 is 1.64 bits per heavy atom. The van der Waals surface area contributed by atoms with Crippen LogP contribution in [0.15, 0.2) is 24.9 Å². The fourth-order valence-electron chi connectivity index (χ4n) is 0.961. The monoisotopic (exact) mass is 147 g/mol. The van der Waals surface area contributed by atoms with Gasteiger partial charge in [0, 0.05) is 11.9 Å². The predicted molar refractivity (Wildman–Crippen MR) is 50.2 cm³/mol. The third-order valence-electron chi connectivity index (χ3n) is 1.55. The van der Waals surface area contributed by atoms with E-state index in [1.54, 1.807) is 0 Å². The van der Waals surface area contributed by atoms with E-state index in [9.17, 15) is 0 Å². The first-order chi connectivity index (χ1) is 5.38. The Morgan fingerprint density at radius 3 is 3.09 bits per heavy atom. The van der Waals surface area contributed by atoms with Crippen molar-refractivity contribution in [3.63, 3.8) is 0 Å². The zero-order valence-corrected chi connectivity index (χ0v) is 6.80. The summed E-state index contributed by atoms with van der Waals surface area (Å²) in [6.45, 7) is 5.83. The van der Waals surface area contributed by atoms with Crippen LogP contribution in [0.4, 0.5) is 0 Å². The molecule has 0 aliphatic rings. The van der Waals surface area contributed by atoms with E-state index in [4.69, 9.17) is 0 Å². The van der Waals surface area contributed by atoms with Crippen LogP contribution in [0, 0.1) is 0 Å². The molecule has 1 nitrogen and oxygen atoms in total. The maximum Gasteiger partial charge on any atom is 0.0447 e. The van der Waals surface area contributed by atoms with Gasteiger partial charge in [-0.15, -0.1) is 0 Å². The second-order valence-electron chi connectivity index (χ2n) is 2.36. The van der Waals surface area contributed by atoms with Crippen LogP contribution in [-0.4, -0.2) is 4.98 Å². The number of nitrogens with one attached hydrogen (secondary N) is 1. The summed E-state index contributed by atoms with van der Waals surface area (Å²) in [5, 5.41) is 0. The summed E-state index contributed by atoms with van der Waals surface area (Å²) in [7, 11) is 0. The number of aromatic amines is 1. The first kappa shape index (κ1) is 7.86. The molecule has 1 aromatic rings. The first-order valence-electron chi connectivity index (χ1n) is 3.84. The Kier molecular flexibility index (Phi) is 2.73. The zero-order valence-electron chi connectivity index (χ0n) is 6.80. The Hall–Kier alpha value is -1.24. The number of aromatic nitrogens is 1. The molecule has 0 aliphatic carbocycles. The van der Waals surface area contributed by atoms with Gasteiger partial charge in [0.1, 0.15) is 0 Å². The van der Waals surface area contributed by atoms with Crippen molar-refractivity contribution in [2.24, 2.45) is 0 Å². The quantitative estimate of drug-likeness (QED) is 0.676. The summed E-state index contributed by atoms with van der Waals surface area (Å²) in [4.78, 5) is 3.10. The molecule has 0 spiro atoms. The molecule has 58 valence electrons. The third-order valence-corrected chi connectivity index (χ3v) is 1.55. The Labute approximate surface area is 67.5 Å². The molecule has 1 aromatic heterocycles. The maximum atomic E-state index is 3.71.